The average Bonchev–Trinajstić information content (AvgIpc) is 3.40. The molecule has 0 saturated carbocycles. The number of nitrogens with zero attached hydrogens (tertiary/aromatic N) is 3. The van der Waals surface area contributed by atoms with Crippen molar-refractivity contribution in [2.45, 2.75) is 17.2 Å². The minimum Gasteiger partial charge on any atom is -0.277 e. The van der Waals surface area contributed by atoms with Crippen LogP contribution in [0.1, 0.15) is 18.5 Å². The van der Waals surface area contributed by atoms with E-state index >= 15 is 0 Å². The third-order valence-electron chi connectivity index (χ3n) is 4.95. The van der Waals surface area contributed by atoms with E-state index in [1.54, 1.807) is 31.5 Å². The summed E-state index contributed by atoms with van der Waals surface area (Å²) in [5, 5.41) is 6.91. The summed E-state index contributed by atoms with van der Waals surface area (Å²) in [5.41, 5.74) is 2.95. The highest BCUT2D eigenvalue weighted by atomic mass is 32.2. The average molecular weight is 426 g/mol. The number of aromatic nitrogens is 3. The van der Waals surface area contributed by atoms with E-state index in [1.165, 1.54) is 22.5 Å². The van der Waals surface area contributed by atoms with E-state index < -0.39 is 21.9 Å². The van der Waals surface area contributed by atoms with Gasteiger partial charge in [0.2, 0.25) is 0 Å². The van der Waals surface area contributed by atoms with E-state index in [-0.39, 0.29) is 4.21 Å². The molecule has 9 heteroatoms. The van der Waals surface area contributed by atoms with Crippen molar-refractivity contribution in [1.29, 1.82) is 0 Å². The fraction of sp³-hybridized carbons (Fsp3) is 0.100. The number of hydrogen-bond acceptors (Lipinski definition) is 5. The van der Waals surface area contributed by atoms with Crippen LogP contribution >= 0.6 is 11.3 Å². The number of rotatable bonds is 3. The van der Waals surface area contributed by atoms with Crippen molar-refractivity contribution in [1.82, 2.24) is 15.2 Å². The molecule has 1 N–H and O–H groups in total. The Hall–Kier alpha value is -3.04. The Kier molecular flexibility index (Phi) is 4.04. The number of sulfonamides is 1. The lowest BCUT2D eigenvalue weighted by atomic mass is 9.97. The number of benzene rings is 1. The topological polar surface area (TPSA) is 79.0 Å². The minimum absolute atomic E-state index is 0.201. The van der Waals surface area contributed by atoms with E-state index in [0.29, 0.717) is 28.2 Å². The molecule has 1 aliphatic rings. The molecule has 0 bridgehead atoms. The van der Waals surface area contributed by atoms with Gasteiger partial charge < -0.3 is 0 Å². The van der Waals surface area contributed by atoms with Gasteiger partial charge in [-0.05, 0) is 49.4 Å². The summed E-state index contributed by atoms with van der Waals surface area (Å²) < 4.78 is 42.7. The molecule has 6 nitrogen and oxygen atoms in total. The van der Waals surface area contributed by atoms with Crippen LogP contribution in [0.3, 0.4) is 0 Å². The van der Waals surface area contributed by atoms with Crippen molar-refractivity contribution < 1.29 is 12.8 Å². The summed E-state index contributed by atoms with van der Waals surface area (Å²) >= 11 is 1.16. The molecule has 0 fully saturated rings. The number of aromatic amines is 1. The summed E-state index contributed by atoms with van der Waals surface area (Å²) in [4.78, 5) is 5.05. The molecule has 5 rings (SSSR count). The first-order valence-corrected chi connectivity index (χ1v) is 11.1. The number of anilines is 1. The highest BCUT2D eigenvalue weighted by Crippen LogP contribution is 2.47. The van der Waals surface area contributed by atoms with Gasteiger partial charge in [0.15, 0.2) is 0 Å². The molecular formula is C20H15FN4O2S2. The Morgan fingerprint density at radius 3 is 2.83 bits per heavy atom. The third kappa shape index (κ3) is 2.77. The van der Waals surface area contributed by atoms with Crippen LogP contribution in [0.4, 0.5) is 10.1 Å². The van der Waals surface area contributed by atoms with Crippen LogP contribution in [0.25, 0.3) is 21.8 Å². The van der Waals surface area contributed by atoms with Crippen molar-refractivity contribution in [3.63, 3.8) is 0 Å². The molecule has 4 aromatic rings. The molecule has 0 spiro atoms. The lowest BCUT2D eigenvalue weighted by Gasteiger charge is -2.35. The number of halogens is 1. The SMILES string of the molecule is CC1c2cn[nH]c2-c2cc(F)ccc2N1S(=O)(=O)c1ccc(-c2ccccn2)s1. The summed E-state index contributed by atoms with van der Waals surface area (Å²) in [7, 11) is -3.89. The van der Waals surface area contributed by atoms with Crippen LogP contribution in [0.15, 0.2) is 65.1 Å². The molecular weight excluding hydrogens is 411 g/mol. The van der Waals surface area contributed by atoms with Crippen LogP contribution in [-0.4, -0.2) is 23.6 Å². The van der Waals surface area contributed by atoms with Gasteiger partial charge in [0.1, 0.15) is 10.0 Å². The van der Waals surface area contributed by atoms with E-state index in [4.69, 9.17) is 0 Å². The molecule has 1 aliphatic heterocycles. The molecule has 1 atom stereocenters. The van der Waals surface area contributed by atoms with Gasteiger partial charge in [-0.25, -0.2) is 12.8 Å². The fourth-order valence-corrected chi connectivity index (χ4v) is 6.63. The van der Waals surface area contributed by atoms with E-state index in [0.717, 1.165) is 16.2 Å². The summed E-state index contributed by atoms with van der Waals surface area (Å²) in [6.45, 7) is 1.80. The third-order valence-corrected chi connectivity index (χ3v) is 8.41. The number of fused-ring (bicyclic) bond motifs is 3. The molecule has 1 unspecified atom stereocenters. The normalized spacial score (nSPS) is 15.8. The first kappa shape index (κ1) is 18.0. The number of pyridine rings is 1. The van der Waals surface area contributed by atoms with Gasteiger partial charge in [0.05, 0.1) is 34.2 Å². The monoisotopic (exact) mass is 426 g/mol. The summed E-state index contributed by atoms with van der Waals surface area (Å²) in [6.07, 6.45) is 3.26. The van der Waals surface area contributed by atoms with Crippen LogP contribution in [0.2, 0.25) is 0 Å². The lowest BCUT2D eigenvalue weighted by Crippen LogP contribution is -2.35. The number of hydrogen-bond donors (Lipinski definition) is 1. The van der Waals surface area contributed by atoms with Crippen molar-refractivity contribution in [3.05, 3.63) is 72.3 Å². The predicted octanol–water partition coefficient (Wildman–Crippen LogP) is 4.61. The van der Waals surface area contributed by atoms with Crippen LogP contribution in [-0.2, 0) is 10.0 Å². The highest BCUT2D eigenvalue weighted by Gasteiger charge is 2.38. The van der Waals surface area contributed by atoms with Crippen LogP contribution < -0.4 is 4.31 Å². The van der Waals surface area contributed by atoms with Gasteiger partial charge in [-0.2, -0.15) is 5.10 Å². The largest absolute Gasteiger partial charge is 0.277 e. The zero-order valence-electron chi connectivity index (χ0n) is 15.2. The number of thiophene rings is 1. The first-order valence-electron chi connectivity index (χ1n) is 8.85. The van der Waals surface area contributed by atoms with Gasteiger partial charge in [-0.1, -0.05) is 6.07 Å². The van der Waals surface area contributed by atoms with E-state index in [9.17, 15) is 12.8 Å². The highest BCUT2D eigenvalue weighted by molar-refractivity contribution is 7.94. The maximum Gasteiger partial charge on any atom is 0.274 e. The Morgan fingerprint density at radius 1 is 1.17 bits per heavy atom. The Bertz CT molecular complexity index is 1320. The maximum atomic E-state index is 13.9. The Labute approximate surface area is 170 Å². The number of H-pyrrole nitrogens is 1. The van der Waals surface area contributed by atoms with Crippen molar-refractivity contribution >= 4 is 27.0 Å². The molecule has 4 heterocycles. The van der Waals surface area contributed by atoms with Gasteiger partial charge >= 0.3 is 0 Å². The standard InChI is InChI=1S/C20H15FN4O2S2/c1-12-15-11-23-24-20(15)14-10-13(21)5-6-17(14)25(12)29(26,27)19-8-7-18(28-19)16-4-2-3-9-22-16/h2-12H,1H3,(H,23,24). The van der Waals surface area contributed by atoms with Crippen LogP contribution in [0.5, 0.6) is 0 Å². The Balaban J connectivity index is 1.65. The molecule has 1 aromatic carbocycles. The molecule has 0 aliphatic carbocycles. The molecule has 146 valence electrons. The predicted molar refractivity (Wildman–Crippen MR) is 110 cm³/mol. The quantitative estimate of drug-likeness (QED) is 0.519. The fourth-order valence-electron chi connectivity index (χ4n) is 3.60. The second-order valence-corrected chi connectivity index (χ2v) is 9.80. The molecule has 0 amide bonds. The second kappa shape index (κ2) is 6.50. The second-order valence-electron chi connectivity index (χ2n) is 6.67. The van der Waals surface area contributed by atoms with Crippen molar-refractivity contribution in [3.8, 4) is 21.8 Å². The first-order chi connectivity index (χ1) is 14.0. The van der Waals surface area contributed by atoms with Gasteiger partial charge in [-0.15, -0.1) is 11.3 Å². The number of nitrogens with one attached hydrogen (secondary N) is 1. The van der Waals surface area contributed by atoms with Gasteiger partial charge in [0, 0.05) is 17.3 Å². The minimum atomic E-state index is -3.89. The zero-order valence-corrected chi connectivity index (χ0v) is 16.8. The van der Waals surface area contributed by atoms with E-state index in [1.807, 2.05) is 18.2 Å². The molecule has 29 heavy (non-hydrogen) atoms. The molecule has 3 aromatic heterocycles. The van der Waals surface area contributed by atoms with E-state index in [2.05, 4.69) is 15.2 Å². The van der Waals surface area contributed by atoms with Gasteiger partial charge in [0.25, 0.3) is 10.0 Å². The smallest absolute Gasteiger partial charge is 0.274 e. The Morgan fingerprint density at radius 2 is 2.03 bits per heavy atom. The summed E-state index contributed by atoms with van der Waals surface area (Å²) in [5.74, 6) is -0.440. The van der Waals surface area contributed by atoms with Crippen molar-refractivity contribution in [2.24, 2.45) is 0 Å². The van der Waals surface area contributed by atoms with Gasteiger partial charge in [-0.3, -0.25) is 14.4 Å². The van der Waals surface area contributed by atoms with Crippen LogP contribution in [0, 0.1) is 5.82 Å². The lowest BCUT2D eigenvalue weighted by molar-refractivity contribution is 0.583. The zero-order chi connectivity index (χ0) is 20.2. The molecule has 0 saturated heterocycles. The van der Waals surface area contributed by atoms with Crippen molar-refractivity contribution in [2.75, 3.05) is 4.31 Å². The molecule has 0 radical (unpaired) electrons. The summed E-state index contributed by atoms with van der Waals surface area (Å²) in [6, 6.07) is 12.4. The maximum absolute atomic E-state index is 13.9.